The molecule has 0 bridgehead atoms. The first kappa shape index (κ1) is 13.7. The van der Waals surface area contributed by atoms with Crippen molar-refractivity contribution in [3.63, 3.8) is 0 Å². The van der Waals surface area contributed by atoms with E-state index in [1.54, 1.807) is 0 Å². The summed E-state index contributed by atoms with van der Waals surface area (Å²) in [5, 5.41) is 0. The fourth-order valence-electron chi connectivity index (χ4n) is 0. The molecule has 0 aliphatic carbocycles. The molecule has 2 amide bonds. The third kappa shape index (κ3) is 460. The molecule has 0 aromatic heterocycles. The number of carbonyl (C=O) groups is 1. The van der Waals surface area contributed by atoms with Crippen molar-refractivity contribution < 1.29 is 4.79 Å². The topological polar surface area (TPSA) is 69.1 Å². The van der Waals surface area contributed by atoms with Gasteiger partial charge in [-0.1, -0.05) is 0 Å². The zero-order valence-corrected chi connectivity index (χ0v) is 9.07. The Morgan fingerprint density at radius 2 is 1.00 bits per heavy atom. The van der Waals surface area contributed by atoms with Crippen molar-refractivity contribution in [1.29, 1.82) is 0 Å². The van der Waals surface area contributed by atoms with Crippen molar-refractivity contribution >= 4 is 65.6 Å². The van der Waals surface area contributed by atoms with E-state index in [2.05, 4.69) is 11.5 Å². The molecule has 4 N–H and O–H groups in total. The number of primary amides is 2. The maximum absolute atomic E-state index is 9.00. The summed E-state index contributed by atoms with van der Waals surface area (Å²) in [4.78, 5) is 9.00. The van der Waals surface area contributed by atoms with E-state index in [4.69, 9.17) is 61.0 Å². The summed E-state index contributed by atoms with van der Waals surface area (Å²) in [6.45, 7) is 0. The summed E-state index contributed by atoms with van der Waals surface area (Å²) in [6, 6.07) is -0.833. The van der Waals surface area contributed by atoms with Crippen LogP contribution >= 0.6 is 59.6 Å². The van der Waals surface area contributed by atoms with E-state index in [9.17, 15) is 0 Å². The third-order valence-electron chi connectivity index (χ3n) is 0. The van der Waals surface area contributed by atoms with E-state index in [-0.39, 0.29) is 0 Å². The van der Waals surface area contributed by atoms with Crippen LogP contribution in [0.3, 0.4) is 0 Å². The molecule has 0 aliphatic heterocycles. The molecule has 0 aromatic carbocycles. The molecule has 0 saturated heterocycles. The van der Waals surface area contributed by atoms with Crippen molar-refractivity contribution in [2.75, 3.05) is 0 Å². The van der Waals surface area contributed by atoms with E-state index in [0.29, 0.717) is 0 Å². The van der Waals surface area contributed by atoms with Gasteiger partial charge in [-0.2, -0.15) is 0 Å². The summed E-state index contributed by atoms with van der Waals surface area (Å²) in [5.74, 6) is 0. The summed E-state index contributed by atoms with van der Waals surface area (Å²) in [6.07, 6.45) is 0. The van der Waals surface area contributed by atoms with Gasteiger partial charge >= 0.3 is 65.6 Å². The van der Waals surface area contributed by atoms with Gasteiger partial charge in [-0.15, -0.1) is 0 Å². The van der Waals surface area contributed by atoms with E-state index in [0.717, 1.165) is 0 Å². The Bertz CT molecular complexity index is 106. The van der Waals surface area contributed by atoms with Gasteiger partial charge in [0.05, 0.1) is 0 Å². The molecule has 0 unspecified atom stereocenters. The Labute approximate surface area is 81.7 Å². The fraction of sp³-hybridized carbons (Fsp3) is 0. The average molecular weight is 268 g/mol. The smallest absolute Gasteiger partial charge is 0.309 e. The predicted molar refractivity (Wildman–Crippen MR) is 50.0 cm³/mol. The first-order valence-corrected chi connectivity index (χ1v) is 8.39. The number of halogens is 5. The van der Waals surface area contributed by atoms with Gasteiger partial charge < -0.3 is 11.5 Å². The molecule has 9 heteroatoms. The second kappa shape index (κ2) is 4.24. The van der Waals surface area contributed by atoms with E-state index in [1.165, 1.54) is 0 Å². The number of amides is 2. The molecule has 3 nitrogen and oxygen atoms in total. The number of hydrogen-bond donors (Lipinski definition) is 2. The van der Waals surface area contributed by atoms with Crippen LogP contribution in [0.25, 0.3) is 0 Å². The van der Waals surface area contributed by atoms with Crippen molar-refractivity contribution in [1.82, 2.24) is 0 Å². The Morgan fingerprint density at radius 3 is 1.00 bits per heavy atom. The summed E-state index contributed by atoms with van der Waals surface area (Å²) in [5.41, 5.74) is 8.50. The van der Waals surface area contributed by atoms with Crippen LogP contribution in [-0.2, 0) is 0 Å². The summed E-state index contributed by atoms with van der Waals surface area (Å²) in [7, 11) is 0. The van der Waals surface area contributed by atoms with E-state index >= 15 is 0 Å². The van der Waals surface area contributed by atoms with Gasteiger partial charge in [0.1, 0.15) is 0 Å². The predicted octanol–water partition coefficient (Wildman–Crippen LogP) is 3.33. The molecule has 0 fully saturated rings. The average Bonchev–Trinajstić information content (AvgIpc) is 1.14. The zero-order chi connectivity index (χ0) is 9.02. The Morgan fingerprint density at radius 1 is 1.00 bits per heavy atom. The first-order valence-electron chi connectivity index (χ1n) is 1.63. The summed E-state index contributed by atoms with van der Waals surface area (Å²) < 4.78 is -3.69. The van der Waals surface area contributed by atoms with Crippen LogP contribution in [-0.4, -0.2) is 6.03 Å². The van der Waals surface area contributed by atoms with Gasteiger partial charge in [-0.05, 0) is 0 Å². The van der Waals surface area contributed by atoms with Crippen LogP contribution < -0.4 is 11.5 Å². The number of rotatable bonds is 0. The van der Waals surface area contributed by atoms with E-state index in [1.807, 2.05) is 0 Å². The molecule has 0 heterocycles. The van der Waals surface area contributed by atoms with Crippen molar-refractivity contribution in [3.05, 3.63) is 0 Å². The molecule has 0 saturated carbocycles. The minimum absolute atomic E-state index is 0.833. The second-order valence-corrected chi connectivity index (χ2v) is 17.7. The van der Waals surface area contributed by atoms with Crippen molar-refractivity contribution in [2.45, 2.75) is 0 Å². The minimum atomic E-state index is -3.69. The Kier molecular flexibility index (Phi) is 5.82. The molecule has 10 heavy (non-hydrogen) atoms. The molecular formula is CH4Cl5N2OP. The number of hydrogen-bond acceptors (Lipinski definition) is 1. The number of nitrogens with two attached hydrogens (primary N) is 2. The van der Waals surface area contributed by atoms with Crippen LogP contribution in [0.2, 0.25) is 0 Å². The fourth-order valence-corrected chi connectivity index (χ4v) is 0. The molecule has 0 aliphatic rings. The SMILES string of the molecule is ClP(Cl)(Cl)(Cl)Cl.NC(N)=O. The van der Waals surface area contributed by atoms with Gasteiger partial charge in [0.2, 0.25) is 0 Å². The molecular weight excluding hydrogens is 264 g/mol. The van der Waals surface area contributed by atoms with Gasteiger partial charge in [-0.3, -0.25) is 0 Å². The molecule has 64 valence electrons. The van der Waals surface area contributed by atoms with Crippen LogP contribution in [0, 0.1) is 0 Å². The molecule has 0 atom stereocenters. The van der Waals surface area contributed by atoms with Gasteiger partial charge in [-0.25, -0.2) is 4.79 Å². The van der Waals surface area contributed by atoms with Crippen LogP contribution in [0.4, 0.5) is 4.79 Å². The molecule has 0 rings (SSSR count). The maximum atomic E-state index is 9.00. The van der Waals surface area contributed by atoms with E-state index < -0.39 is 9.40 Å². The zero-order valence-electron chi connectivity index (χ0n) is 4.40. The first-order chi connectivity index (χ1) is 3.97. The number of urea groups is 1. The Hall–Kier alpha value is 1.15. The standard InChI is InChI=1S/CH4N2O.Cl5P/c2-1(3)4;1-6(2,3,4)5/h(H4,2,3,4);. The molecule has 0 radical (unpaired) electrons. The van der Waals surface area contributed by atoms with Gasteiger partial charge in [0.25, 0.3) is 0 Å². The Balaban J connectivity index is 0. The quantitative estimate of drug-likeness (QED) is 0.650. The van der Waals surface area contributed by atoms with Crippen molar-refractivity contribution in [3.8, 4) is 0 Å². The largest absolute Gasteiger partial charge is 0.352 e. The van der Waals surface area contributed by atoms with Gasteiger partial charge in [0, 0.05) is 0 Å². The second-order valence-electron chi connectivity index (χ2n) is 1.04. The minimum Gasteiger partial charge on any atom is -0.352 e. The van der Waals surface area contributed by atoms with Crippen LogP contribution in [0.15, 0.2) is 0 Å². The molecule has 0 spiro atoms. The monoisotopic (exact) mass is 266 g/mol. The maximum Gasteiger partial charge on any atom is 0.309 e. The third-order valence-corrected chi connectivity index (χ3v) is 0. The normalized spacial score (nSPS) is 13.9. The van der Waals surface area contributed by atoms with Crippen LogP contribution in [0.5, 0.6) is 0 Å². The van der Waals surface area contributed by atoms with Crippen molar-refractivity contribution in [2.24, 2.45) is 11.5 Å². The van der Waals surface area contributed by atoms with Crippen LogP contribution in [0.1, 0.15) is 0 Å². The van der Waals surface area contributed by atoms with Gasteiger partial charge in [0.15, 0.2) is 0 Å². The number of carbonyl (C=O) groups excluding carboxylic acids is 1. The summed E-state index contributed by atoms with van der Waals surface area (Å²) >= 11 is 24.9. The molecule has 0 aromatic rings.